The third-order valence-corrected chi connectivity index (χ3v) is 4.31. The largest absolute Gasteiger partial charge is 0.393 e. The molecule has 19 heavy (non-hydrogen) atoms. The molecule has 1 amide bonds. The Labute approximate surface area is 122 Å². The molecule has 104 valence electrons. The number of amides is 1. The molecule has 0 aromatic heterocycles. The van der Waals surface area contributed by atoms with Crippen molar-refractivity contribution in [3.63, 3.8) is 0 Å². The van der Waals surface area contributed by atoms with Crippen LogP contribution in [-0.2, 0) is 0 Å². The molecule has 0 heterocycles. The minimum Gasteiger partial charge on any atom is -0.393 e. The third kappa shape index (κ3) is 3.85. The van der Waals surface area contributed by atoms with E-state index in [4.69, 9.17) is 23.2 Å². The van der Waals surface area contributed by atoms with E-state index in [9.17, 15) is 9.90 Å². The number of carbonyl (C=O) groups is 1. The van der Waals surface area contributed by atoms with Gasteiger partial charge in [0.1, 0.15) is 0 Å². The minimum atomic E-state index is -0.303. The summed E-state index contributed by atoms with van der Waals surface area (Å²) in [4.78, 5) is 12.0. The molecule has 1 aromatic rings. The van der Waals surface area contributed by atoms with E-state index in [2.05, 4.69) is 5.32 Å². The summed E-state index contributed by atoms with van der Waals surface area (Å²) in [6, 6.07) is 4.80. The molecule has 5 heteroatoms. The highest BCUT2D eigenvalue weighted by molar-refractivity contribution is 6.42. The van der Waals surface area contributed by atoms with Crippen LogP contribution in [0.5, 0.6) is 0 Å². The first-order chi connectivity index (χ1) is 9.08. The van der Waals surface area contributed by atoms with Crippen LogP contribution in [0, 0.1) is 5.92 Å². The Morgan fingerprint density at radius 1 is 1.26 bits per heavy atom. The number of hydrogen-bond acceptors (Lipinski definition) is 2. The highest BCUT2D eigenvalue weighted by atomic mass is 35.5. The zero-order chi connectivity index (χ0) is 13.8. The van der Waals surface area contributed by atoms with Gasteiger partial charge < -0.3 is 10.4 Å². The summed E-state index contributed by atoms with van der Waals surface area (Å²) in [7, 11) is 0. The van der Waals surface area contributed by atoms with Crippen molar-refractivity contribution in [2.75, 3.05) is 6.54 Å². The number of benzene rings is 1. The van der Waals surface area contributed by atoms with E-state index in [0.29, 0.717) is 22.2 Å². The second-order valence-corrected chi connectivity index (χ2v) is 5.77. The van der Waals surface area contributed by atoms with Crippen LogP contribution >= 0.6 is 23.2 Å². The molecule has 1 fully saturated rings. The zero-order valence-electron chi connectivity index (χ0n) is 10.5. The number of rotatable bonds is 3. The lowest BCUT2D eigenvalue weighted by molar-refractivity contribution is 0.0663. The van der Waals surface area contributed by atoms with Crippen LogP contribution in [0.1, 0.15) is 36.0 Å². The Morgan fingerprint density at radius 2 is 2.00 bits per heavy atom. The minimum absolute atomic E-state index is 0.153. The van der Waals surface area contributed by atoms with E-state index in [1.54, 1.807) is 18.2 Å². The quantitative estimate of drug-likeness (QED) is 0.900. The van der Waals surface area contributed by atoms with Gasteiger partial charge in [-0.1, -0.05) is 36.0 Å². The summed E-state index contributed by atoms with van der Waals surface area (Å²) in [6.45, 7) is 0.500. The Kier molecular flexibility index (Phi) is 5.08. The molecule has 1 saturated carbocycles. The van der Waals surface area contributed by atoms with Crippen molar-refractivity contribution in [1.82, 2.24) is 5.32 Å². The lowest BCUT2D eigenvalue weighted by Crippen LogP contribution is -2.36. The summed E-state index contributed by atoms with van der Waals surface area (Å²) < 4.78 is 0. The van der Waals surface area contributed by atoms with E-state index in [0.717, 1.165) is 25.7 Å². The van der Waals surface area contributed by atoms with Crippen molar-refractivity contribution in [1.29, 1.82) is 0 Å². The lowest BCUT2D eigenvalue weighted by atomic mass is 9.86. The molecular formula is C14H17Cl2NO2. The summed E-state index contributed by atoms with van der Waals surface area (Å²) in [6.07, 6.45) is 3.67. The number of aliphatic hydroxyl groups excluding tert-OH is 1. The highest BCUT2D eigenvalue weighted by Crippen LogP contribution is 2.24. The summed E-state index contributed by atoms with van der Waals surface area (Å²) in [5.41, 5.74) is 0.486. The smallest absolute Gasteiger partial charge is 0.251 e. The van der Waals surface area contributed by atoms with Gasteiger partial charge in [0.15, 0.2) is 0 Å². The fourth-order valence-electron chi connectivity index (χ4n) is 2.39. The van der Waals surface area contributed by atoms with Gasteiger partial charge in [-0.05, 0) is 31.0 Å². The van der Waals surface area contributed by atoms with Crippen LogP contribution in [0.25, 0.3) is 0 Å². The maximum absolute atomic E-state index is 12.0. The zero-order valence-corrected chi connectivity index (χ0v) is 12.0. The van der Waals surface area contributed by atoms with E-state index in [1.165, 1.54) is 0 Å². The van der Waals surface area contributed by atoms with Crippen molar-refractivity contribution >= 4 is 29.1 Å². The fourth-order valence-corrected chi connectivity index (χ4v) is 2.69. The summed E-state index contributed by atoms with van der Waals surface area (Å²) in [5, 5.41) is 13.5. The Morgan fingerprint density at radius 3 is 2.68 bits per heavy atom. The van der Waals surface area contributed by atoms with Gasteiger partial charge in [-0.15, -0.1) is 0 Å². The van der Waals surface area contributed by atoms with E-state index in [1.807, 2.05) is 0 Å². The molecule has 2 unspecified atom stereocenters. The molecule has 1 aliphatic carbocycles. The summed E-state index contributed by atoms with van der Waals surface area (Å²) in [5.74, 6) is -0.0307. The van der Waals surface area contributed by atoms with Crippen molar-refractivity contribution in [3.8, 4) is 0 Å². The van der Waals surface area contributed by atoms with Crippen molar-refractivity contribution in [2.45, 2.75) is 31.8 Å². The molecule has 2 rings (SSSR count). The predicted molar refractivity (Wildman–Crippen MR) is 76.8 cm³/mol. The number of aliphatic hydroxyl groups is 1. The number of carbonyl (C=O) groups excluding carboxylic acids is 1. The average molecular weight is 302 g/mol. The van der Waals surface area contributed by atoms with Crippen molar-refractivity contribution in [3.05, 3.63) is 33.8 Å². The third-order valence-electron chi connectivity index (χ3n) is 3.58. The highest BCUT2D eigenvalue weighted by Gasteiger charge is 2.23. The maximum Gasteiger partial charge on any atom is 0.251 e. The van der Waals surface area contributed by atoms with Gasteiger partial charge in [0.25, 0.3) is 5.91 Å². The first-order valence-electron chi connectivity index (χ1n) is 6.49. The van der Waals surface area contributed by atoms with Gasteiger partial charge in [-0.3, -0.25) is 4.79 Å². The van der Waals surface area contributed by atoms with Gasteiger partial charge in [-0.25, -0.2) is 0 Å². The predicted octanol–water partition coefficient (Wildman–Crippen LogP) is 3.27. The monoisotopic (exact) mass is 301 g/mol. The van der Waals surface area contributed by atoms with Gasteiger partial charge in [0, 0.05) is 18.0 Å². The van der Waals surface area contributed by atoms with E-state index in [-0.39, 0.29) is 17.9 Å². The molecule has 2 atom stereocenters. The van der Waals surface area contributed by atoms with Crippen LogP contribution in [0.3, 0.4) is 0 Å². The van der Waals surface area contributed by atoms with Crippen LogP contribution in [-0.4, -0.2) is 23.7 Å². The first kappa shape index (κ1) is 14.6. The molecule has 0 spiro atoms. The van der Waals surface area contributed by atoms with Gasteiger partial charge in [0.05, 0.1) is 16.1 Å². The van der Waals surface area contributed by atoms with Crippen molar-refractivity contribution in [2.24, 2.45) is 5.92 Å². The Bertz CT molecular complexity index is 465. The second-order valence-electron chi connectivity index (χ2n) is 4.95. The number of hydrogen-bond donors (Lipinski definition) is 2. The molecule has 0 bridgehead atoms. The maximum atomic E-state index is 12.0. The second kappa shape index (κ2) is 6.60. The first-order valence-corrected chi connectivity index (χ1v) is 7.25. The molecule has 1 aliphatic rings. The van der Waals surface area contributed by atoms with Gasteiger partial charge >= 0.3 is 0 Å². The standard InChI is InChI=1S/C14H17Cl2NO2/c15-11-6-5-9(7-12(11)16)14(19)17-8-10-3-1-2-4-13(10)18/h5-7,10,13,18H,1-4,8H2,(H,17,19). The number of halogens is 2. The SMILES string of the molecule is O=C(NCC1CCCCC1O)c1ccc(Cl)c(Cl)c1. The molecule has 3 nitrogen and oxygen atoms in total. The van der Waals surface area contributed by atoms with E-state index < -0.39 is 0 Å². The average Bonchev–Trinajstić information content (AvgIpc) is 2.40. The number of nitrogens with one attached hydrogen (secondary N) is 1. The van der Waals surface area contributed by atoms with Crippen LogP contribution < -0.4 is 5.32 Å². The summed E-state index contributed by atoms with van der Waals surface area (Å²) >= 11 is 11.7. The molecule has 0 saturated heterocycles. The van der Waals surface area contributed by atoms with E-state index >= 15 is 0 Å². The molecule has 0 aliphatic heterocycles. The van der Waals surface area contributed by atoms with Crippen LogP contribution in [0.15, 0.2) is 18.2 Å². The van der Waals surface area contributed by atoms with Crippen molar-refractivity contribution < 1.29 is 9.90 Å². The van der Waals surface area contributed by atoms with Crippen LogP contribution in [0.4, 0.5) is 0 Å². The molecule has 0 radical (unpaired) electrons. The van der Waals surface area contributed by atoms with Crippen LogP contribution in [0.2, 0.25) is 10.0 Å². The lowest BCUT2D eigenvalue weighted by Gasteiger charge is -2.27. The van der Waals surface area contributed by atoms with Gasteiger partial charge in [-0.2, -0.15) is 0 Å². The van der Waals surface area contributed by atoms with Gasteiger partial charge in [0.2, 0.25) is 0 Å². The molecule has 2 N–H and O–H groups in total. The Balaban J connectivity index is 1.91. The Hall–Kier alpha value is -0.770. The topological polar surface area (TPSA) is 49.3 Å². The molecule has 1 aromatic carbocycles. The molecular weight excluding hydrogens is 285 g/mol. The normalized spacial score (nSPS) is 23.1. The fraction of sp³-hybridized carbons (Fsp3) is 0.500.